The number of aryl methyl sites for hydroxylation is 3. The van der Waals surface area contributed by atoms with Crippen LogP contribution >= 0.6 is 0 Å². The summed E-state index contributed by atoms with van der Waals surface area (Å²) < 4.78 is 0. The van der Waals surface area contributed by atoms with Gasteiger partial charge in [-0.2, -0.15) is 0 Å². The smallest absolute Gasteiger partial charge is 0.258 e. The number of aromatic amines is 1. The standard InChI is InChI=1S/C20H20N2O/c1-13-5-7-15(8-6-13)20(23)22-11-3-4-16-12-14(2)18-17(19(16)22)9-10-21-18/h5-10,12,21H,3-4,11H2,1-2H3. The van der Waals surface area contributed by atoms with E-state index in [0.717, 1.165) is 41.5 Å². The number of H-pyrrole nitrogens is 1. The van der Waals surface area contributed by atoms with Gasteiger partial charge in [0.05, 0.1) is 11.2 Å². The molecule has 0 fully saturated rings. The predicted octanol–water partition coefficient (Wildman–Crippen LogP) is 4.38. The number of hydrogen-bond donors (Lipinski definition) is 1. The largest absolute Gasteiger partial charge is 0.361 e. The molecule has 2 heterocycles. The third-order valence-corrected chi connectivity index (χ3v) is 4.73. The van der Waals surface area contributed by atoms with Gasteiger partial charge in [0.15, 0.2) is 0 Å². The molecule has 0 spiro atoms. The first kappa shape index (κ1) is 14.1. The van der Waals surface area contributed by atoms with Gasteiger partial charge in [0.2, 0.25) is 0 Å². The Bertz CT molecular complexity index is 890. The molecule has 0 saturated heterocycles. The molecule has 1 amide bonds. The van der Waals surface area contributed by atoms with Crippen LogP contribution in [0.5, 0.6) is 0 Å². The van der Waals surface area contributed by atoms with Gasteiger partial charge in [-0.25, -0.2) is 0 Å². The summed E-state index contributed by atoms with van der Waals surface area (Å²) in [5.41, 5.74) is 6.67. The molecule has 0 atom stereocenters. The average molecular weight is 304 g/mol. The van der Waals surface area contributed by atoms with Crippen molar-refractivity contribution in [3.63, 3.8) is 0 Å². The first-order valence-electron chi connectivity index (χ1n) is 8.13. The summed E-state index contributed by atoms with van der Waals surface area (Å²) in [5.74, 6) is 0.0947. The second-order valence-corrected chi connectivity index (χ2v) is 6.39. The number of aromatic nitrogens is 1. The Balaban J connectivity index is 1.85. The SMILES string of the molecule is Cc1ccc(C(=O)N2CCCc3cc(C)c4[nH]ccc4c32)cc1. The predicted molar refractivity (Wildman–Crippen MR) is 94.2 cm³/mol. The zero-order valence-electron chi connectivity index (χ0n) is 13.5. The van der Waals surface area contributed by atoms with Crippen LogP contribution < -0.4 is 4.90 Å². The van der Waals surface area contributed by atoms with E-state index < -0.39 is 0 Å². The molecule has 3 aromatic rings. The number of nitrogens with zero attached hydrogens (tertiary/aromatic N) is 1. The summed E-state index contributed by atoms with van der Waals surface area (Å²) >= 11 is 0. The Kier molecular flexibility index (Phi) is 3.22. The molecule has 0 radical (unpaired) electrons. The van der Waals surface area contributed by atoms with E-state index in [1.807, 2.05) is 42.3 Å². The molecule has 116 valence electrons. The lowest BCUT2D eigenvalue weighted by Gasteiger charge is -2.31. The molecule has 0 saturated carbocycles. The summed E-state index contributed by atoms with van der Waals surface area (Å²) in [4.78, 5) is 18.3. The number of carbonyl (C=O) groups excluding carboxylic acids is 1. The van der Waals surface area contributed by atoms with E-state index in [1.54, 1.807) is 0 Å². The summed E-state index contributed by atoms with van der Waals surface area (Å²) in [6.45, 7) is 4.94. The quantitative estimate of drug-likeness (QED) is 0.711. The fraction of sp³-hybridized carbons (Fsp3) is 0.250. The van der Waals surface area contributed by atoms with Crippen molar-refractivity contribution in [2.24, 2.45) is 0 Å². The number of fused-ring (bicyclic) bond motifs is 3. The minimum absolute atomic E-state index is 0.0947. The maximum absolute atomic E-state index is 13.0. The third-order valence-electron chi connectivity index (χ3n) is 4.73. The normalized spacial score (nSPS) is 14.1. The van der Waals surface area contributed by atoms with Crippen molar-refractivity contribution < 1.29 is 4.79 Å². The Hall–Kier alpha value is -2.55. The zero-order valence-corrected chi connectivity index (χ0v) is 13.5. The number of amides is 1. The number of rotatable bonds is 1. The minimum Gasteiger partial charge on any atom is -0.361 e. The van der Waals surface area contributed by atoms with Crippen LogP contribution in [0.4, 0.5) is 5.69 Å². The Morgan fingerprint density at radius 2 is 1.91 bits per heavy atom. The van der Waals surface area contributed by atoms with Crippen molar-refractivity contribution >= 4 is 22.5 Å². The van der Waals surface area contributed by atoms with Crippen LogP contribution in [-0.4, -0.2) is 17.4 Å². The van der Waals surface area contributed by atoms with E-state index >= 15 is 0 Å². The van der Waals surface area contributed by atoms with E-state index in [1.165, 1.54) is 16.7 Å². The number of benzene rings is 2. The molecule has 23 heavy (non-hydrogen) atoms. The Morgan fingerprint density at radius 1 is 1.13 bits per heavy atom. The number of hydrogen-bond acceptors (Lipinski definition) is 1. The van der Waals surface area contributed by atoms with E-state index in [9.17, 15) is 4.79 Å². The van der Waals surface area contributed by atoms with Crippen LogP contribution in [0, 0.1) is 13.8 Å². The van der Waals surface area contributed by atoms with Crippen molar-refractivity contribution in [2.75, 3.05) is 11.4 Å². The molecule has 1 aromatic heterocycles. The second-order valence-electron chi connectivity index (χ2n) is 6.39. The van der Waals surface area contributed by atoms with Gasteiger partial charge in [-0.3, -0.25) is 4.79 Å². The number of carbonyl (C=O) groups is 1. The van der Waals surface area contributed by atoms with E-state index in [0.29, 0.717) is 0 Å². The monoisotopic (exact) mass is 304 g/mol. The Labute approximate surface area is 135 Å². The van der Waals surface area contributed by atoms with Gasteiger partial charge < -0.3 is 9.88 Å². The molecule has 1 aliphatic rings. The van der Waals surface area contributed by atoms with Gasteiger partial charge in [-0.1, -0.05) is 23.8 Å². The highest BCUT2D eigenvalue weighted by atomic mass is 16.2. The van der Waals surface area contributed by atoms with Crippen molar-refractivity contribution in [3.8, 4) is 0 Å². The molecule has 0 aliphatic carbocycles. The third kappa shape index (κ3) is 2.24. The van der Waals surface area contributed by atoms with Crippen molar-refractivity contribution in [2.45, 2.75) is 26.7 Å². The van der Waals surface area contributed by atoms with Gasteiger partial charge in [0, 0.05) is 23.7 Å². The highest BCUT2D eigenvalue weighted by molar-refractivity contribution is 6.12. The minimum atomic E-state index is 0.0947. The highest BCUT2D eigenvalue weighted by Crippen LogP contribution is 2.37. The second kappa shape index (κ2) is 5.27. The number of nitrogens with one attached hydrogen (secondary N) is 1. The van der Waals surface area contributed by atoms with Gasteiger partial charge in [0.1, 0.15) is 0 Å². The van der Waals surface area contributed by atoms with E-state index in [2.05, 4.69) is 24.0 Å². The molecule has 1 aliphatic heterocycles. The first-order valence-corrected chi connectivity index (χ1v) is 8.13. The van der Waals surface area contributed by atoms with Gasteiger partial charge in [-0.15, -0.1) is 0 Å². The topological polar surface area (TPSA) is 36.1 Å². The molecule has 2 aromatic carbocycles. The molecule has 3 nitrogen and oxygen atoms in total. The molecule has 0 unspecified atom stereocenters. The maximum Gasteiger partial charge on any atom is 0.258 e. The fourth-order valence-corrected chi connectivity index (χ4v) is 3.57. The molecule has 3 heteroatoms. The van der Waals surface area contributed by atoms with Crippen LogP contribution in [0.1, 0.15) is 33.5 Å². The van der Waals surface area contributed by atoms with Crippen LogP contribution in [0.2, 0.25) is 0 Å². The van der Waals surface area contributed by atoms with Crippen LogP contribution in [0.3, 0.4) is 0 Å². The highest BCUT2D eigenvalue weighted by Gasteiger charge is 2.26. The summed E-state index contributed by atoms with van der Waals surface area (Å²) in [7, 11) is 0. The van der Waals surface area contributed by atoms with Crippen molar-refractivity contribution in [1.82, 2.24) is 4.98 Å². The van der Waals surface area contributed by atoms with Crippen LogP contribution in [0.15, 0.2) is 42.6 Å². The van der Waals surface area contributed by atoms with Gasteiger partial charge in [0.25, 0.3) is 5.91 Å². The van der Waals surface area contributed by atoms with Crippen molar-refractivity contribution in [1.29, 1.82) is 0 Å². The van der Waals surface area contributed by atoms with E-state index in [4.69, 9.17) is 0 Å². The first-order chi connectivity index (χ1) is 11.1. The fourth-order valence-electron chi connectivity index (χ4n) is 3.57. The summed E-state index contributed by atoms with van der Waals surface area (Å²) in [6.07, 6.45) is 4.01. The van der Waals surface area contributed by atoms with Crippen LogP contribution in [-0.2, 0) is 6.42 Å². The number of anilines is 1. The Morgan fingerprint density at radius 3 is 2.70 bits per heavy atom. The van der Waals surface area contributed by atoms with Crippen LogP contribution in [0.25, 0.3) is 10.9 Å². The van der Waals surface area contributed by atoms with E-state index in [-0.39, 0.29) is 5.91 Å². The van der Waals surface area contributed by atoms with Crippen molar-refractivity contribution in [3.05, 3.63) is 64.8 Å². The van der Waals surface area contributed by atoms with Gasteiger partial charge >= 0.3 is 0 Å². The molecule has 4 rings (SSSR count). The lowest BCUT2D eigenvalue weighted by Crippen LogP contribution is -2.35. The molecule has 0 bridgehead atoms. The maximum atomic E-state index is 13.0. The van der Waals surface area contributed by atoms with Gasteiger partial charge in [-0.05, 0) is 56.0 Å². The summed E-state index contributed by atoms with van der Waals surface area (Å²) in [6, 6.07) is 12.2. The molecular weight excluding hydrogens is 284 g/mol. The zero-order chi connectivity index (χ0) is 16.0. The molecule has 1 N–H and O–H groups in total. The lowest BCUT2D eigenvalue weighted by molar-refractivity contribution is 0.0985. The average Bonchev–Trinajstić information content (AvgIpc) is 3.05. The molecular formula is C20H20N2O. The summed E-state index contributed by atoms with van der Waals surface area (Å²) in [5, 5.41) is 1.15. The lowest BCUT2D eigenvalue weighted by atomic mass is 9.95.